The average Bonchev–Trinajstić information content (AvgIpc) is 3.28. The van der Waals surface area contributed by atoms with Gasteiger partial charge in [0.15, 0.2) is 0 Å². The van der Waals surface area contributed by atoms with Crippen LogP contribution in [-0.2, 0) is 4.74 Å². The van der Waals surface area contributed by atoms with Gasteiger partial charge in [0.1, 0.15) is 17.9 Å². The lowest BCUT2D eigenvalue weighted by atomic mass is 10.1. The number of hydrogen-bond donors (Lipinski definition) is 0. The molecule has 2 aromatic rings. The molecular formula is C19H23NO3. The molecule has 0 aliphatic carbocycles. The minimum atomic E-state index is -0.361. The number of ether oxygens (including phenoxy) is 2. The van der Waals surface area contributed by atoms with Gasteiger partial charge < -0.3 is 9.47 Å². The summed E-state index contributed by atoms with van der Waals surface area (Å²) in [6.07, 6.45) is 0. The molecule has 0 amide bonds. The lowest BCUT2D eigenvalue weighted by Crippen LogP contribution is -2.16. The van der Waals surface area contributed by atoms with E-state index >= 15 is 0 Å². The molecule has 1 fully saturated rings. The van der Waals surface area contributed by atoms with Gasteiger partial charge in [-0.1, -0.05) is 38.1 Å². The Balaban J connectivity index is 1.77. The van der Waals surface area contributed by atoms with Crippen molar-refractivity contribution in [2.45, 2.75) is 19.9 Å². The molecule has 2 atom stereocenters. The molecule has 23 heavy (non-hydrogen) atoms. The lowest BCUT2D eigenvalue weighted by molar-refractivity contribution is 0.0596. The maximum atomic E-state index is 12.0. The SMILES string of the molecule is COC(=O)c1cc2ccccc2cc1OCC1CN1CC(C)C. The summed E-state index contributed by atoms with van der Waals surface area (Å²) in [7, 11) is 1.40. The first-order chi connectivity index (χ1) is 11.1. The van der Waals surface area contributed by atoms with Gasteiger partial charge in [-0.15, -0.1) is 0 Å². The normalized spacial score (nSPS) is 19.8. The second-order valence-electron chi connectivity index (χ2n) is 6.50. The molecule has 2 unspecified atom stereocenters. The van der Waals surface area contributed by atoms with Crippen LogP contribution in [0.3, 0.4) is 0 Å². The third kappa shape index (κ3) is 3.64. The first-order valence-corrected chi connectivity index (χ1v) is 8.06. The van der Waals surface area contributed by atoms with Crippen molar-refractivity contribution >= 4 is 16.7 Å². The molecule has 0 spiro atoms. The summed E-state index contributed by atoms with van der Waals surface area (Å²) in [6, 6.07) is 12.2. The van der Waals surface area contributed by atoms with E-state index in [1.165, 1.54) is 7.11 Å². The Labute approximate surface area is 137 Å². The van der Waals surface area contributed by atoms with Gasteiger partial charge in [0.05, 0.1) is 13.2 Å². The van der Waals surface area contributed by atoms with E-state index < -0.39 is 0 Å². The number of esters is 1. The van der Waals surface area contributed by atoms with Crippen molar-refractivity contribution in [3.63, 3.8) is 0 Å². The van der Waals surface area contributed by atoms with Crippen LogP contribution in [0.2, 0.25) is 0 Å². The Hall–Kier alpha value is -2.07. The first kappa shape index (κ1) is 15.8. The predicted octanol–water partition coefficient (Wildman–Crippen LogP) is 3.35. The fraction of sp³-hybridized carbons (Fsp3) is 0.421. The molecule has 1 aliphatic rings. The molecule has 1 heterocycles. The molecule has 0 N–H and O–H groups in total. The first-order valence-electron chi connectivity index (χ1n) is 8.06. The fourth-order valence-corrected chi connectivity index (χ4v) is 2.87. The van der Waals surface area contributed by atoms with E-state index in [2.05, 4.69) is 18.7 Å². The van der Waals surface area contributed by atoms with Crippen LogP contribution in [0.25, 0.3) is 10.8 Å². The Morgan fingerprint density at radius 2 is 1.96 bits per heavy atom. The summed E-state index contributed by atoms with van der Waals surface area (Å²) in [6.45, 7) is 7.20. The zero-order valence-electron chi connectivity index (χ0n) is 13.9. The Kier molecular flexibility index (Phi) is 4.53. The number of carbonyl (C=O) groups excluding carboxylic acids is 1. The van der Waals surface area contributed by atoms with E-state index in [1.54, 1.807) is 0 Å². The minimum Gasteiger partial charge on any atom is -0.491 e. The van der Waals surface area contributed by atoms with Crippen molar-refractivity contribution in [1.29, 1.82) is 0 Å². The van der Waals surface area contributed by atoms with Crippen LogP contribution >= 0.6 is 0 Å². The van der Waals surface area contributed by atoms with Gasteiger partial charge in [-0.2, -0.15) is 0 Å². The summed E-state index contributed by atoms with van der Waals surface area (Å²) in [5.74, 6) is 0.902. The molecule has 2 aromatic carbocycles. The summed E-state index contributed by atoms with van der Waals surface area (Å²) >= 11 is 0. The molecule has 3 rings (SSSR count). The van der Waals surface area contributed by atoms with E-state index in [9.17, 15) is 4.79 Å². The quantitative estimate of drug-likeness (QED) is 0.605. The maximum absolute atomic E-state index is 12.0. The molecule has 0 saturated carbocycles. The number of nitrogens with zero attached hydrogens (tertiary/aromatic N) is 1. The molecule has 0 bridgehead atoms. The van der Waals surface area contributed by atoms with E-state index in [0.29, 0.717) is 29.9 Å². The van der Waals surface area contributed by atoms with Crippen molar-refractivity contribution in [3.05, 3.63) is 42.0 Å². The van der Waals surface area contributed by atoms with E-state index in [4.69, 9.17) is 9.47 Å². The van der Waals surface area contributed by atoms with Gasteiger partial charge in [-0.05, 0) is 28.8 Å². The smallest absolute Gasteiger partial charge is 0.341 e. The largest absolute Gasteiger partial charge is 0.491 e. The summed E-state index contributed by atoms with van der Waals surface area (Å²) in [4.78, 5) is 14.4. The zero-order valence-corrected chi connectivity index (χ0v) is 13.9. The average molecular weight is 313 g/mol. The second kappa shape index (κ2) is 6.59. The van der Waals surface area contributed by atoms with Gasteiger partial charge in [-0.25, -0.2) is 4.79 Å². The Bertz CT molecular complexity index is 711. The van der Waals surface area contributed by atoms with Gasteiger partial charge >= 0.3 is 5.97 Å². The third-order valence-electron chi connectivity index (χ3n) is 4.11. The van der Waals surface area contributed by atoms with E-state index in [1.807, 2.05) is 36.4 Å². The predicted molar refractivity (Wildman–Crippen MR) is 91.0 cm³/mol. The number of methoxy groups -OCH3 is 1. The fourth-order valence-electron chi connectivity index (χ4n) is 2.87. The number of fused-ring (bicyclic) bond motifs is 1. The lowest BCUT2D eigenvalue weighted by Gasteiger charge is -2.12. The van der Waals surface area contributed by atoms with Crippen LogP contribution < -0.4 is 4.74 Å². The van der Waals surface area contributed by atoms with E-state index in [0.717, 1.165) is 23.9 Å². The summed E-state index contributed by atoms with van der Waals surface area (Å²) < 4.78 is 10.9. The summed E-state index contributed by atoms with van der Waals surface area (Å²) in [5.41, 5.74) is 0.488. The molecule has 1 saturated heterocycles. The van der Waals surface area contributed by atoms with Gasteiger partial charge in [0, 0.05) is 13.1 Å². The highest BCUT2D eigenvalue weighted by molar-refractivity contribution is 5.98. The van der Waals surface area contributed by atoms with Crippen molar-refractivity contribution in [2.24, 2.45) is 5.92 Å². The van der Waals surface area contributed by atoms with Crippen LogP contribution in [0, 0.1) is 5.92 Å². The van der Waals surface area contributed by atoms with Crippen molar-refractivity contribution in [1.82, 2.24) is 4.90 Å². The zero-order chi connectivity index (χ0) is 16.4. The van der Waals surface area contributed by atoms with Crippen molar-refractivity contribution in [2.75, 3.05) is 26.8 Å². The number of carbonyl (C=O) groups is 1. The van der Waals surface area contributed by atoms with Crippen LogP contribution in [0.4, 0.5) is 0 Å². The van der Waals surface area contributed by atoms with Crippen molar-refractivity contribution < 1.29 is 14.3 Å². The summed E-state index contributed by atoms with van der Waals surface area (Å²) in [5, 5.41) is 2.07. The second-order valence-corrected chi connectivity index (χ2v) is 6.50. The molecule has 0 radical (unpaired) electrons. The van der Waals surface area contributed by atoms with Gasteiger partial charge in [-0.3, -0.25) is 4.90 Å². The van der Waals surface area contributed by atoms with Crippen LogP contribution in [0.15, 0.2) is 36.4 Å². The van der Waals surface area contributed by atoms with Gasteiger partial charge in [0.25, 0.3) is 0 Å². The van der Waals surface area contributed by atoms with Crippen LogP contribution in [0.1, 0.15) is 24.2 Å². The molecule has 4 nitrogen and oxygen atoms in total. The maximum Gasteiger partial charge on any atom is 0.341 e. The molecular weight excluding hydrogens is 290 g/mol. The Morgan fingerprint density at radius 1 is 1.26 bits per heavy atom. The van der Waals surface area contributed by atoms with Crippen molar-refractivity contribution in [3.8, 4) is 5.75 Å². The number of rotatable bonds is 6. The Morgan fingerprint density at radius 3 is 2.61 bits per heavy atom. The minimum absolute atomic E-state index is 0.361. The highest BCUT2D eigenvalue weighted by Gasteiger charge is 2.34. The third-order valence-corrected chi connectivity index (χ3v) is 4.11. The molecule has 122 valence electrons. The standard InChI is InChI=1S/C19H23NO3/c1-13(2)10-20-11-16(20)12-23-18-9-15-7-5-4-6-14(15)8-17(18)19(21)22-3/h4-9,13,16H,10-12H2,1-3H3. The monoisotopic (exact) mass is 313 g/mol. The van der Waals surface area contributed by atoms with Crippen LogP contribution in [0.5, 0.6) is 5.75 Å². The number of benzene rings is 2. The van der Waals surface area contributed by atoms with Gasteiger partial charge in [0.2, 0.25) is 0 Å². The highest BCUT2D eigenvalue weighted by Crippen LogP contribution is 2.28. The number of hydrogen-bond acceptors (Lipinski definition) is 4. The topological polar surface area (TPSA) is 38.5 Å². The molecule has 0 aromatic heterocycles. The highest BCUT2D eigenvalue weighted by atomic mass is 16.5. The van der Waals surface area contributed by atoms with Crippen LogP contribution in [-0.4, -0.2) is 43.7 Å². The van der Waals surface area contributed by atoms with E-state index in [-0.39, 0.29) is 5.97 Å². The molecule has 4 heteroatoms. The molecule has 1 aliphatic heterocycles.